The summed E-state index contributed by atoms with van der Waals surface area (Å²) in [5, 5.41) is 8.72. The highest BCUT2D eigenvalue weighted by atomic mass is 16.5. The zero-order valence-corrected chi connectivity index (χ0v) is 12.5. The summed E-state index contributed by atoms with van der Waals surface area (Å²) in [4.78, 5) is 23.9. The van der Waals surface area contributed by atoms with Gasteiger partial charge in [-0.1, -0.05) is 12.1 Å². The summed E-state index contributed by atoms with van der Waals surface area (Å²) >= 11 is 0. The van der Waals surface area contributed by atoms with E-state index in [9.17, 15) is 9.59 Å². The predicted octanol–water partition coefficient (Wildman–Crippen LogP) is 1.65. The van der Waals surface area contributed by atoms with Gasteiger partial charge in [-0.05, 0) is 19.1 Å². The van der Waals surface area contributed by atoms with E-state index >= 15 is 0 Å². The van der Waals surface area contributed by atoms with E-state index in [-0.39, 0.29) is 5.91 Å². The molecular formula is C15H19NO5. The van der Waals surface area contributed by atoms with Gasteiger partial charge in [-0.15, -0.1) is 0 Å². The summed E-state index contributed by atoms with van der Waals surface area (Å²) < 4.78 is 10.9. The molecule has 21 heavy (non-hydrogen) atoms. The third-order valence-electron chi connectivity index (χ3n) is 2.72. The highest BCUT2D eigenvalue weighted by molar-refractivity contribution is 5.86. The quantitative estimate of drug-likeness (QED) is 0.807. The van der Waals surface area contributed by atoms with Crippen LogP contribution in [-0.2, 0) is 9.59 Å². The number of likely N-dealkylation sites (N-methyl/N-ethyl adjacent to an activating group) is 1. The van der Waals surface area contributed by atoms with E-state index in [2.05, 4.69) is 0 Å². The van der Waals surface area contributed by atoms with E-state index < -0.39 is 12.1 Å². The van der Waals surface area contributed by atoms with Crippen LogP contribution in [-0.4, -0.2) is 49.2 Å². The van der Waals surface area contributed by atoms with Gasteiger partial charge in [0.25, 0.3) is 5.91 Å². The molecule has 0 saturated carbocycles. The number of carbonyl (C=O) groups excluding carboxylic acids is 1. The first-order chi connectivity index (χ1) is 9.86. The highest BCUT2D eigenvalue weighted by Crippen LogP contribution is 2.33. The second kappa shape index (κ2) is 7.33. The van der Waals surface area contributed by atoms with E-state index in [1.54, 1.807) is 39.2 Å². The fourth-order valence-corrected chi connectivity index (χ4v) is 1.70. The maximum Gasteiger partial charge on any atom is 0.328 e. The molecular weight excluding hydrogens is 274 g/mol. The van der Waals surface area contributed by atoms with Crippen LogP contribution in [0.25, 0.3) is 6.08 Å². The van der Waals surface area contributed by atoms with Crippen molar-refractivity contribution in [2.45, 2.75) is 13.0 Å². The predicted molar refractivity (Wildman–Crippen MR) is 78.4 cm³/mol. The third kappa shape index (κ3) is 4.52. The molecule has 1 rings (SSSR count). The van der Waals surface area contributed by atoms with Gasteiger partial charge in [-0.3, -0.25) is 4.79 Å². The van der Waals surface area contributed by atoms with Crippen LogP contribution < -0.4 is 9.47 Å². The number of amides is 1. The molecule has 0 aliphatic heterocycles. The van der Waals surface area contributed by atoms with Crippen LogP contribution in [0.1, 0.15) is 12.5 Å². The molecule has 1 aromatic rings. The lowest BCUT2D eigenvalue weighted by atomic mass is 10.1. The molecule has 6 nitrogen and oxygen atoms in total. The summed E-state index contributed by atoms with van der Waals surface area (Å²) in [6, 6.07) is 5.08. The molecule has 1 atom stereocenters. The minimum absolute atomic E-state index is 0.200. The van der Waals surface area contributed by atoms with Gasteiger partial charge in [0.05, 0.1) is 7.11 Å². The molecule has 0 aliphatic rings. The lowest BCUT2D eigenvalue weighted by molar-refractivity contribution is -0.135. The Hall–Kier alpha value is -2.50. The highest BCUT2D eigenvalue weighted by Gasteiger charge is 2.20. The van der Waals surface area contributed by atoms with Gasteiger partial charge in [0.1, 0.15) is 0 Å². The van der Waals surface area contributed by atoms with Gasteiger partial charge in [0.15, 0.2) is 17.6 Å². The minimum atomic E-state index is -1.07. The lowest BCUT2D eigenvalue weighted by Crippen LogP contribution is -2.35. The normalized spacial score (nSPS) is 12.0. The second-order valence-corrected chi connectivity index (χ2v) is 4.54. The molecule has 0 aliphatic carbocycles. The van der Waals surface area contributed by atoms with Gasteiger partial charge < -0.3 is 19.5 Å². The van der Waals surface area contributed by atoms with Crippen LogP contribution in [0.4, 0.5) is 0 Å². The fraction of sp³-hybridized carbons (Fsp3) is 0.333. The molecule has 0 spiro atoms. The molecule has 0 saturated heterocycles. The van der Waals surface area contributed by atoms with E-state index in [0.29, 0.717) is 17.1 Å². The smallest absolute Gasteiger partial charge is 0.328 e. The Balaban J connectivity index is 3.13. The van der Waals surface area contributed by atoms with Crippen LogP contribution in [0, 0.1) is 0 Å². The lowest BCUT2D eigenvalue weighted by Gasteiger charge is -2.20. The molecule has 1 aromatic carbocycles. The Morgan fingerprint density at radius 2 is 2.00 bits per heavy atom. The van der Waals surface area contributed by atoms with Crippen LogP contribution in [0.15, 0.2) is 24.3 Å². The number of para-hydroxylation sites is 1. The number of benzene rings is 1. The molecule has 1 unspecified atom stereocenters. The van der Waals surface area contributed by atoms with Crippen molar-refractivity contribution in [2.24, 2.45) is 0 Å². The van der Waals surface area contributed by atoms with Crippen molar-refractivity contribution in [3.8, 4) is 11.5 Å². The van der Waals surface area contributed by atoms with Crippen molar-refractivity contribution in [3.63, 3.8) is 0 Å². The van der Waals surface area contributed by atoms with E-state index in [0.717, 1.165) is 6.08 Å². The summed E-state index contributed by atoms with van der Waals surface area (Å²) in [6.45, 7) is 1.62. The van der Waals surface area contributed by atoms with Gasteiger partial charge in [0.2, 0.25) is 0 Å². The Morgan fingerprint density at radius 1 is 1.33 bits per heavy atom. The first-order valence-corrected chi connectivity index (χ1v) is 6.32. The SMILES string of the molecule is COc1cccc(/C=C/C(=O)O)c1OC(C)C(=O)N(C)C. The van der Waals surface area contributed by atoms with Crippen molar-refractivity contribution in [1.29, 1.82) is 0 Å². The Morgan fingerprint density at radius 3 is 2.52 bits per heavy atom. The van der Waals surface area contributed by atoms with Gasteiger partial charge in [-0.25, -0.2) is 4.79 Å². The summed E-state index contributed by atoms with van der Waals surface area (Å²) in [7, 11) is 4.75. The van der Waals surface area contributed by atoms with E-state index in [4.69, 9.17) is 14.6 Å². The maximum atomic E-state index is 11.9. The average molecular weight is 293 g/mol. The molecule has 0 radical (unpaired) electrons. The maximum absolute atomic E-state index is 11.9. The van der Waals surface area contributed by atoms with Crippen LogP contribution >= 0.6 is 0 Å². The zero-order chi connectivity index (χ0) is 16.0. The van der Waals surface area contributed by atoms with Gasteiger partial charge >= 0.3 is 5.97 Å². The number of carboxylic acid groups (broad SMARTS) is 1. The Kier molecular flexibility index (Phi) is 5.78. The molecule has 0 bridgehead atoms. The van der Waals surface area contributed by atoms with Gasteiger partial charge in [0, 0.05) is 25.7 Å². The van der Waals surface area contributed by atoms with Crippen molar-refractivity contribution in [3.05, 3.63) is 29.8 Å². The van der Waals surface area contributed by atoms with Gasteiger partial charge in [-0.2, -0.15) is 0 Å². The number of ether oxygens (including phenoxy) is 2. The topological polar surface area (TPSA) is 76.1 Å². The molecule has 0 fully saturated rings. The molecule has 0 aromatic heterocycles. The summed E-state index contributed by atoms with van der Waals surface area (Å²) in [5.74, 6) is -0.503. The first-order valence-electron chi connectivity index (χ1n) is 6.32. The molecule has 114 valence electrons. The molecule has 1 N–H and O–H groups in total. The number of methoxy groups -OCH3 is 1. The fourth-order valence-electron chi connectivity index (χ4n) is 1.70. The van der Waals surface area contributed by atoms with Crippen molar-refractivity contribution < 1.29 is 24.2 Å². The van der Waals surface area contributed by atoms with E-state index in [1.165, 1.54) is 18.1 Å². The van der Waals surface area contributed by atoms with Crippen LogP contribution in [0.3, 0.4) is 0 Å². The Labute approximate surface area is 123 Å². The zero-order valence-electron chi connectivity index (χ0n) is 12.5. The largest absolute Gasteiger partial charge is 0.493 e. The molecule has 1 amide bonds. The number of hydrogen-bond acceptors (Lipinski definition) is 4. The Bertz CT molecular complexity index is 551. The monoisotopic (exact) mass is 293 g/mol. The molecule has 0 heterocycles. The number of nitrogens with zero attached hydrogens (tertiary/aromatic N) is 1. The number of carbonyl (C=O) groups is 2. The van der Waals surface area contributed by atoms with Crippen molar-refractivity contribution >= 4 is 18.0 Å². The van der Waals surface area contributed by atoms with Crippen LogP contribution in [0.2, 0.25) is 0 Å². The van der Waals surface area contributed by atoms with E-state index in [1.807, 2.05) is 0 Å². The third-order valence-corrected chi connectivity index (χ3v) is 2.72. The first kappa shape index (κ1) is 16.6. The number of carboxylic acids is 1. The standard InChI is InChI=1S/C15H19NO5/c1-10(15(19)16(2)3)21-14-11(8-9-13(17)18)6-5-7-12(14)20-4/h5-10H,1-4H3,(H,17,18)/b9-8+. The summed E-state index contributed by atoms with van der Waals surface area (Å²) in [6.07, 6.45) is 1.68. The number of rotatable bonds is 6. The average Bonchev–Trinajstić information content (AvgIpc) is 2.44. The van der Waals surface area contributed by atoms with Crippen molar-refractivity contribution in [2.75, 3.05) is 21.2 Å². The van der Waals surface area contributed by atoms with Crippen LogP contribution in [0.5, 0.6) is 11.5 Å². The molecule has 6 heteroatoms. The minimum Gasteiger partial charge on any atom is -0.493 e. The second-order valence-electron chi connectivity index (χ2n) is 4.54. The van der Waals surface area contributed by atoms with Crippen molar-refractivity contribution in [1.82, 2.24) is 4.90 Å². The number of aliphatic carboxylic acids is 1. The summed E-state index contributed by atoms with van der Waals surface area (Å²) in [5.41, 5.74) is 0.523. The number of hydrogen-bond donors (Lipinski definition) is 1.